The van der Waals surface area contributed by atoms with Gasteiger partial charge in [-0.1, -0.05) is 0 Å². The van der Waals surface area contributed by atoms with E-state index in [0.29, 0.717) is 0 Å². The molecule has 6 aliphatic rings. The first-order valence-corrected chi connectivity index (χ1v) is 74.3. The fourth-order valence-corrected chi connectivity index (χ4v) is 96.2. The predicted molar refractivity (Wildman–Crippen MR) is 461 cm³/mol. The first-order chi connectivity index (χ1) is 55.6. The highest BCUT2D eigenvalue weighted by Crippen LogP contribution is 2.57. The van der Waals surface area contributed by atoms with Gasteiger partial charge in [0.15, 0.2) is 0 Å². The zero-order valence-corrected chi connectivity index (χ0v) is 91.0. The Bertz CT molecular complexity index is 1960. The van der Waals surface area contributed by atoms with E-state index in [-0.39, 0.29) is 255 Å². The standard InChI is InChI=1S/C64H152O36Si16/c1-25-65-101(66-26-2,67-27-3)49-57-109-89-110(58-50-102(68-28-4,69-29-5)70-30-6)92-113(61-53-105(77-37-13,78-38-14)79-39-15)94-111(90-109,59-51-103(71-31-7,72-32-8)73-33-9)96-115(63-55-107(83-43-19,84-44-20)85-45-21)97-112(91-109,60-52-104(74-34-10,75-35-11)76-36-12)95-114(93-110,62-54-106(80-40-16,81-41-17)82-42-18)99-116(98-113,100-115)64-56-108(86-46-22,87-47-23)88-48-24/h25-64H2,1-24H3. The summed E-state index contributed by atoms with van der Waals surface area (Å²) in [6.45, 7) is 50.6. The fourth-order valence-electron chi connectivity index (χ4n) is 15.0. The SMILES string of the molecule is CCO[Si](CC[Si]12O[Si]3(CC[Si](OCC)(OCC)OCC)O[Si]4(CC[Si](OCC)(OCC)OCC)O[Si](CC[Si](OCC)(OCC)OCC)(O1)O[Si]1(CC[Si](OCC)(OCC)OCC)O[Si](CC[Si](OCC)(OCC)OCC)(O2)O[Si](CC[Si](OCC)(OCC)OCC)(O3)O[Si](CC[Si](OCC)(OCC)OCC)(O4)O1)(OCC)OCC. The van der Waals surface area contributed by atoms with E-state index in [0.717, 1.165) is 0 Å². The van der Waals surface area contributed by atoms with E-state index in [1.165, 1.54) is 0 Å². The summed E-state index contributed by atoms with van der Waals surface area (Å²) in [6.07, 6.45) is 0. The lowest BCUT2D eigenvalue weighted by Crippen LogP contribution is -2.88. The van der Waals surface area contributed by atoms with E-state index in [1.807, 2.05) is 166 Å². The van der Waals surface area contributed by atoms with Crippen molar-refractivity contribution in [2.75, 3.05) is 159 Å². The normalized spacial score (nSPS) is 26.3. The Labute approximate surface area is 713 Å². The first-order valence-electron chi connectivity index (χ1n) is 43.4. The summed E-state index contributed by atoms with van der Waals surface area (Å²) in [5.74, 6) is 0. The molecule has 0 radical (unpaired) electrons. The summed E-state index contributed by atoms with van der Waals surface area (Å²) in [5.41, 5.74) is 0. The maximum absolute atomic E-state index is 8.69. The summed E-state index contributed by atoms with van der Waals surface area (Å²) >= 11 is 0. The molecule has 0 unspecified atom stereocenters. The molecule has 0 saturated carbocycles. The molecule has 0 atom stereocenters. The number of hydrogen-bond donors (Lipinski definition) is 0. The van der Waals surface area contributed by atoms with Gasteiger partial charge in [-0.2, -0.15) is 0 Å². The Morgan fingerprint density at radius 2 is 0.181 bits per heavy atom. The summed E-state index contributed by atoms with van der Waals surface area (Å²) in [4.78, 5) is 0. The van der Waals surface area contributed by atoms with Gasteiger partial charge >= 0.3 is 141 Å². The quantitative estimate of drug-likeness (QED) is 0.0511. The molecule has 116 heavy (non-hydrogen) atoms. The minimum Gasteiger partial charge on any atom is -0.374 e. The largest absolute Gasteiger partial charge is 0.500 e. The molecule has 52 heteroatoms. The Balaban J connectivity index is 2.38. The van der Waals surface area contributed by atoms with E-state index in [9.17, 15) is 0 Å². The van der Waals surface area contributed by atoms with Crippen molar-refractivity contribution in [2.45, 2.75) is 263 Å². The van der Waals surface area contributed by atoms with Gasteiger partial charge in [-0.3, -0.25) is 0 Å². The van der Waals surface area contributed by atoms with Crippen LogP contribution in [-0.2, 0) is 156 Å². The molecule has 8 bridgehead atoms. The van der Waals surface area contributed by atoms with Crippen LogP contribution in [0.25, 0.3) is 0 Å². The second-order valence-corrected chi connectivity index (χ2v) is 73.1. The molecular formula is C64H152O36Si16. The van der Waals surface area contributed by atoms with E-state index >= 15 is 0 Å². The molecule has 0 aromatic heterocycles. The topological polar surface area (TPSA) is 332 Å². The van der Waals surface area contributed by atoms with Gasteiger partial charge in [-0.05, 0) is 166 Å². The van der Waals surface area contributed by atoms with E-state index in [4.69, 9.17) is 156 Å². The Kier molecular flexibility index (Phi) is 48.7. The zero-order valence-electron chi connectivity index (χ0n) is 75.0. The fraction of sp³-hybridized carbons (Fsp3) is 1.00. The van der Waals surface area contributed by atoms with Crippen molar-refractivity contribution in [3.8, 4) is 0 Å². The Morgan fingerprint density at radius 1 is 0.121 bits per heavy atom. The second kappa shape index (κ2) is 52.0. The Hall–Kier alpha value is 2.03. The lowest BCUT2D eigenvalue weighted by molar-refractivity contribution is -0.0332. The molecule has 6 heterocycles. The van der Waals surface area contributed by atoms with Gasteiger partial charge in [-0.25, -0.2) is 0 Å². The predicted octanol–water partition coefficient (Wildman–Crippen LogP) is 12.2. The third-order valence-electron chi connectivity index (χ3n) is 18.4. The van der Waals surface area contributed by atoms with Crippen LogP contribution in [0.1, 0.15) is 166 Å². The molecule has 0 aromatic rings. The first kappa shape index (κ1) is 109. The highest BCUT2D eigenvalue weighted by atomic mass is 28.6. The molecule has 6 rings (SSSR count). The number of hydrogen-bond acceptors (Lipinski definition) is 36. The van der Waals surface area contributed by atoms with E-state index in [2.05, 4.69) is 0 Å². The molecule has 6 fully saturated rings. The van der Waals surface area contributed by atoms with Crippen molar-refractivity contribution in [3.63, 3.8) is 0 Å². The zero-order chi connectivity index (χ0) is 85.7. The highest BCUT2D eigenvalue weighted by Gasteiger charge is 2.85. The molecule has 0 amide bonds. The molecule has 0 N–H and O–H groups in total. The molecule has 6 saturated heterocycles. The number of rotatable bonds is 72. The summed E-state index contributed by atoms with van der Waals surface area (Å²) < 4.78 is 269. The highest BCUT2D eigenvalue weighted by molar-refractivity contribution is 7.04. The van der Waals surface area contributed by atoms with Crippen LogP contribution < -0.4 is 0 Å². The lowest BCUT2D eigenvalue weighted by Gasteiger charge is -2.63. The smallest absolute Gasteiger partial charge is 0.374 e. The van der Waals surface area contributed by atoms with Crippen molar-refractivity contribution in [3.05, 3.63) is 0 Å². The molecule has 0 spiro atoms. The van der Waals surface area contributed by atoms with Crippen LogP contribution in [0.3, 0.4) is 0 Å². The van der Waals surface area contributed by atoms with Crippen LogP contribution in [0.2, 0.25) is 96.7 Å². The van der Waals surface area contributed by atoms with E-state index in [1.54, 1.807) is 0 Å². The van der Waals surface area contributed by atoms with E-state index < -0.39 is 141 Å². The molecule has 36 nitrogen and oxygen atoms in total. The van der Waals surface area contributed by atoms with Gasteiger partial charge in [-0.15, -0.1) is 0 Å². The average Bonchev–Trinajstić information content (AvgIpc) is 0.683. The van der Waals surface area contributed by atoms with Gasteiger partial charge < -0.3 is 156 Å². The second-order valence-electron chi connectivity index (χ2n) is 26.5. The van der Waals surface area contributed by atoms with Crippen LogP contribution in [0.4, 0.5) is 0 Å². The van der Waals surface area contributed by atoms with Crippen molar-refractivity contribution in [2.24, 2.45) is 0 Å². The molecule has 6 aliphatic heterocycles. The maximum Gasteiger partial charge on any atom is 0.500 e. The van der Waals surface area contributed by atoms with Crippen LogP contribution >= 0.6 is 0 Å². The van der Waals surface area contributed by atoms with Gasteiger partial charge in [0.25, 0.3) is 0 Å². The van der Waals surface area contributed by atoms with Gasteiger partial charge in [0, 0.05) is 255 Å². The van der Waals surface area contributed by atoms with Gasteiger partial charge in [0.1, 0.15) is 0 Å². The monoisotopic (exact) mass is 1940 g/mol. The summed E-state index contributed by atoms with van der Waals surface area (Å²) in [6, 6.07) is -1.25. The summed E-state index contributed by atoms with van der Waals surface area (Å²) in [5, 5.41) is 0. The molecule has 0 aliphatic carbocycles. The van der Waals surface area contributed by atoms with Gasteiger partial charge in [0.2, 0.25) is 0 Å². The summed E-state index contributed by atoms with van der Waals surface area (Å²) in [7, 11) is -72.9. The average molecular weight is 1950 g/mol. The lowest BCUT2D eigenvalue weighted by atomic mass is 10.9. The van der Waals surface area contributed by atoms with Crippen molar-refractivity contribution in [1.29, 1.82) is 0 Å². The van der Waals surface area contributed by atoms with Crippen LogP contribution in [0, 0.1) is 0 Å². The van der Waals surface area contributed by atoms with Crippen LogP contribution in [-0.4, -0.2) is 299 Å². The molecule has 0 aromatic carbocycles. The Morgan fingerprint density at radius 3 is 0.233 bits per heavy atom. The van der Waals surface area contributed by atoms with Crippen molar-refractivity contribution >= 4 is 141 Å². The minimum atomic E-state index is -5.22. The van der Waals surface area contributed by atoms with Crippen LogP contribution in [0.15, 0.2) is 0 Å². The minimum absolute atomic E-state index is 0.00863. The third kappa shape index (κ3) is 30.1. The van der Waals surface area contributed by atoms with Crippen molar-refractivity contribution < 1.29 is 156 Å². The third-order valence-corrected chi connectivity index (χ3v) is 83.5. The molecular weight excluding hydrogens is 1790 g/mol. The maximum atomic E-state index is 8.69. The van der Waals surface area contributed by atoms with Crippen LogP contribution in [0.5, 0.6) is 0 Å². The molecule has 688 valence electrons. The van der Waals surface area contributed by atoms with Crippen molar-refractivity contribution in [1.82, 2.24) is 0 Å². The van der Waals surface area contributed by atoms with Gasteiger partial charge in [0.05, 0.1) is 0 Å².